The van der Waals surface area contributed by atoms with E-state index in [1.54, 1.807) is 11.9 Å². The summed E-state index contributed by atoms with van der Waals surface area (Å²) in [6, 6.07) is 7.74. The third-order valence-electron chi connectivity index (χ3n) is 6.52. The number of piperidine rings is 1. The molecule has 4 rings (SSSR count). The minimum absolute atomic E-state index is 0.200. The van der Waals surface area contributed by atoms with E-state index in [2.05, 4.69) is 22.3 Å². The first kappa shape index (κ1) is 19.7. The fourth-order valence-electron chi connectivity index (χ4n) is 4.82. The van der Waals surface area contributed by atoms with Gasteiger partial charge in [0.1, 0.15) is 12.1 Å². The third kappa shape index (κ3) is 3.82. The lowest BCUT2D eigenvalue weighted by molar-refractivity contribution is -0.138. The van der Waals surface area contributed by atoms with Crippen LogP contribution in [-0.2, 0) is 16.1 Å². The first-order chi connectivity index (χ1) is 14.0. The number of urea groups is 1. The number of amides is 4. The Balaban J connectivity index is 1.42. The molecule has 0 aromatic heterocycles. The van der Waals surface area contributed by atoms with Crippen LogP contribution in [0, 0.1) is 0 Å². The Kier molecular flexibility index (Phi) is 5.48. The molecule has 29 heavy (non-hydrogen) atoms. The van der Waals surface area contributed by atoms with Crippen LogP contribution in [0.3, 0.4) is 0 Å². The minimum Gasteiger partial charge on any atom is -0.371 e. The Morgan fingerprint density at radius 1 is 1.07 bits per heavy atom. The molecule has 156 valence electrons. The number of para-hydroxylation sites is 1. The van der Waals surface area contributed by atoms with E-state index < -0.39 is 11.6 Å². The van der Waals surface area contributed by atoms with Crippen molar-refractivity contribution in [2.45, 2.75) is 57.0 Å². The summed E-state index contributed by atoms with van der Waals surface area (Å²) in [5.41, 5.74) is 1.50. The van der Waals surface area contributed by atoms with Crippen molar-refractivity contribution in [3.05, 3.63) is 29.8 Å². The van der Waals surface area contributed by atoms with Crippen LogP contribution in [0.25, 0.3) is 0 Å². The molecule has 0 atom stereocenters. The van der Waals surface area contributed by atoms with Crippen LogP contribution in [0.15, 0.2) is 24.3 Å². The summed E-state index contributed by atoms with van der Waals surface area (Å²) in [6.07, 6.45) is 6.85. The third-order valence-corrected chi connectivity index (χ3v) is 6.52. The Labute approximate surface area is 172 Å². The maximum absolute atomic E-state index is 12.8. The second-order valence-electron chi connectivity index (χ2n) is 8.54. The summed E-state index contributed by atoms with van der Waals surface area (Å²) >= 11 is 0. The Bertz CT molecular complexity index is 797. The molecule has 2 aliphatic heterocycles. The largest absolute Gasteiger partial charge is 0.371 e. The lowest BCUT2D eigenvalue weighted by Crippen LogP contribution is -2.45. The van der Waals surface area contributed by atoms with E-state index in [9.17, 15) is 14.4 Å². The zero-order chi connectivity index (χ0) is 20.4. The molecule has 1 spiro atoms. The quantitative estimate of drug-likeness (QED) is 0.774. The summed E-state index contributed by atoms with van der Waals surface area (Å²) in [7, 11) is 1.74. The number of hydrogen-bond donors (Lipinski definition) is 1. The van der Waals surface area contributed by atoms with Gasteiger partial charge in [0.25, 0.3) is 5.91 Å². The Morgan fingerprint density at radius 2 is 1.76 bits per heavy atom. The van der Waals surface area contributed by atoms with E-state index in [0.717, 1.165) is 36.4 Å². The van der Waals surface area contributed by atoms with Crippen molar-refractivity contribution in [2.75, 3.05) is 31.6 Å². The van der Waals surface area contributed by atoms with Gasteiger partial charge >= 0.3 is 6.03 Å². The first-order valence-electron chi connectivity index (χ1n) is 10.7. The fraction of sp³-hybridized carbons (Fsp3) is 0.591. The summed E-state index contributed by atoms with van der Waals surface area (Å²) in [5.74, 6) is -0.465. The summed E-state index contributed by atoms with van der Waals surface area (Å²) in [6.45, 7) is 2.34. The predicted octanol–water partition coefficient (Wildman–Crippen LogP) is 2.50. The topological polar surface area (TPSA) is 73.0 Å². The van der Waals surface area contributed by atoms with Crippen LogP contribution >= 0.6 is 0 Å². The Morgan fingerprint density at radius 3 is 2.48 bits per heavy atom. The summed E-state index contributed by atoms with van der Waals surface area (Å²) in [4.78, 5) is 43.0. The number of imide groups is 1. The molecule has 0 radical (unpaired) electrons. The fourth-order valence-corrected chi connectivity index (χ4v) is 4.82. The van der Waals surface area contributed by atoms with Crippen LogP contribution < -0.4 is 10.2 Å². The molecular weight excluding hydrogens is 368 g/mol. The number of nitrogens with zero attached hydrogens (tertiary/aromatic N) is 3. The monoisotopic (exact) mass is 398 g/mol. The molecule has 3 aliphatic rings. The highest BCUT2D eigenvalue weighted by atomic mass is 16.2. The number of rotatable bonds is 5. The number of carbonyl (C=O) groups is 3. The smallest absolute Gasteiger partial charge is 0.325 e. The van der Waals surface area contributed by atoms with Gasteiger partial charge in [0.15, 0.2) is 0 Å². The molecule has 3 fully saturated rings. The number of carbonyl (C=O) groups excluding carboxylic acids is 3. The van der Waals surface area contributed by atoms with Crippen molar-refractivity contribution in [3.63, 3.8) is 0 Å². The van der Waals surface area contributed by atoms with Gasteiger partial charge in [-0.1, -0.05) is 31.0 Å². The highest BCUT2D eigenvalue weighted by molar-refractivity contribution is 6.09. The Hall–Kier alpha value is -2.57. The van der Waals surface area contributed by atoms with Crippen LogP contribution in [0.2, 0.25) is 0 Å². The normalized spacial score (nSPS) is 21.0. The SMILES string of the molecule is CN(Cc1ccccc1N1CCCCC1)C(=O)CN1C(=O)NC2(CCCC2)C1=O. The van der Waals surface area contributed by atoms with E-state index in [1.165, 1.54) is 24.9 Å². The van der Waals surface area contributed by atoms with Gasteiger partial charge < -0.3 is 15.1 Å². The van der Waals surface area contributed by atoms with E-state index in [1.807, 2.05) is 12.1 Å². The van der Waals surface area contributed by atoms with E-state index >= 15 is 0 Å². The van der Waals surface area contributed by atoms with Crippen molar-refractivity contribution >= 4 is 23.5 Å². The average Bonchev–Trinajstić information content (AvgIpc) is 3.29. The zero-order valence-corrected chi connectivity index (χ0v) is 17.2. The number of anilines is 1. The van der Waals surface area contributed by atoms with Crippen LogP contribution in [0.1, 0.15) is 50.5 Å². The lowest BCUT2D eigenvalue weighted by atomic mass is 9.98. The maximum Gasteiger partial charge on any atom is 0.325 e. The maximum atomic E-state index is 12.8. The second-order valence-corrected chi connectivity index (χ2v) is 8.54. The molecule has 0 bridgehead atoms. The minimum atomic E-state index is -0.767. The molecule has 7 heteroatoms. The molecule has 4 amide bonds. The number of hydrogen-bond acceptors (Lipinski definition) is 4. The summed E-state index contributed by atoms with van der Waals surface area (Å²) < 4.78 is 0. The van der Waals surface area contributed by atoms with Gasteiger partial charge in [-0.25, -0.2) is 4.79 Å². The summed E-state index contributed by atoms with van der Waals surface area (Å²) in [5, 5.41) is 2.84. The van der Waals surface area contributed by atoms with Gasteiger partial charge in [-0.2, -0.15) is 0 Å². The van der Waals surface area contributed by atoms with Crippen LogP contribution in [0.5, 0.6) is 0 Å². The molecule has 1 aromatic carbocycles. The van der Waals surface area contributed by atoms with Gasteiger partial charge in [-0.05, 0) is 43.7 Å². The van der Waals surface area contributed by atoms with Gasteiger partial charge in [0, 0.05) is 32.4 Å². The van der Waals surface area contributed by atoms with Crippen molar-refractivity contribution in [3.8, 4) is 0 Å². The molecule has 2 saturated heterocycles. The highest BCUT2D eigenvalue weighted by Crippen LogP contribution is 2.35. The average molecular weight is 399 g/mol. The van der Waals surface area contributed by atoms with Gasteiger partial charge in [0.05, 0.1) is 0 Å². The van der Waals surface area contributed by atoms with E-state index in [4.69, 9.17) is 0 Å². The number of likely N-dealkylation sites (N-methyl/N-ethyl adjacent to an activating group) is 1. The molecule has 1 saturated carbocycles. The lowest BCUT2D eigenvalue weighted by Gasteiger charge is -2.31. The van der Waals surface area contributed by atoms with Crippen LogP contribution in [-0.4, -0.2) is 59.9 Å². The second kappa shape index (κ2) is 8.05. The first-order valence-corrected chi connectivity index (χ1v) is 10.7. The van der Waals surface area contributed by atoms with Crippen molar-refractivity contribution in [2.24, 2.45) is 0 Å². The van der Waals surface area contributed by atoms with Gasteiger partial charge in [-0.3, -0.25) is 14.5 Å². The zero-order valence-electron chi connectivity index (χ0n) is 17.2. The van der Waals surface area contributed by atoms with E-state index in [-0.39, 0.29) is 18.4 Å². The molecular formula is C22H30N4O3. The molecule has 1 N–H and O–H groups in total. The molecule has 1 aromatic rings. The highest BCUT2D eigenvalue weighted by Gasteiger charge is 2.52. The molecule has 1 aliphatic carbocycles. The van der Waals surface area contributed by atoms with E-state index in [0.29, 0.717) is 19.4 Å². The van der Waals surface area contributed by atoms with Gasteiger partial charge in [0.2, 0.25) is 5.91 Å². The van der Waals surface area contributed by atoms with Crippen molar-refractivity contribution < 1.29 is 14.4 Å². The molecule has 2 heterocycles. The number of nitrogens with one attached hydrogen (secondary N) is 1. The van der Waals surface area contributed by atoms with Crippen molar-refractivity contribution in [1.29, 1.82) is 0 Å². The van der Waals surface area contributed by atoms with Crippen molar-refractivity contribution in [1.82, 2.24) is 15.1 Å². The predicted molar refractivity (Wildman–Crippen MR) is 110 cm³/mol. The van der Waals surface area contributed by atoms with Crippen LogP contribution in [0.4, 0.5) is 10.5 Å². The number of benzene rings is 1. The molecule has 7 nitrogen and oxygen atoms in total. The molecule has 0 unspecified atom stereocenters. The standard InChI is InChI=1S/C22H30N4O3/c1-24(15-17-9-3-4-10-18(17)25-13-7-2-8-14-25)19(27)16-26-20(28)22(23-21(26)29)11-5-6-12-22/h3-4,9-10H,2,5-8,11-16H2,1H3,(H,23,29). The van der Waals surface area contributed by atoms with Gasteiger partial charge in [-0.15, -0.1) is 0 Å².